The highest BCUT2D eigenvalue weighted by molar-refractivity contribution is 5.89. The molecule has 3 N–H and O–H groups in total. The van der Waals surface area contributed by atoms with Gasteiger partial charge in [-0.25, -0.2) is 4.79 Å². The van der Waals surface area contributed by atoms with E-state index >= 15 is 0 Å². The molecule has 1 aliphatic rings. The molecule has 35 heavy (non-hydrogen) atoms. The van der Waals surface area contributed by atoms with Crippen molar-refractivity contribution in [3.63, 3.8) is 0 Å². The zero-order valence-electron chi connectivity index (χ0n) is 21.4. The third-order valence-corrected chi connectivity index (χ3v) is 6.46. The molecule has 0 radical (unpaired) electrons. The maximum atomic E-state index is 12.3. The van der Waals surface area contributed by atoms with Gasteiger partial charge in [-0.3, -0.25) is 9.36 Å². The van der Waals surface area contributed by atoms with E-state index in [4.69, 9.17) is 4.74 Å². The number of aromatic nitrogens is 2. The molecule has 0 bridgehead atoms. The number of rotatable bonds is 18. The van der Waals surface area contributed by atoms with E-state index in [1.54, 1.807) is 6.07 Å². The van der Waals surface area contributed by atoms with Crippen LogP contribution in [-0.2, 0) is 9.53 Å². The number of hydrogen-bond donors (Lipinski definition) is 3. The van der Waals surface area contributed by atoms with Crippen molar-refractivity contribution in [3.8, 4) is 0 Å². The Kier molecular flexibility index (Phi) is 14.5. The van der Waals surface area contributed by atoms with Crippen LogP contribution in [0.2, 0.25) is 0 Å². The summed E-state index contributed by atoms with van der Waals surface area (Å²) >= 11 is 0. The first-order chi connectivity index (χ1) is 17.0. The molecule has 1 aromatic rings. The molecule has 0 aromatic carbocycles. The normalized spacial score (nSPS) is 20.0. The van der Waals surface area contributed by atoms with Crippen molar-refractivity contribution in [1.82, 2.24) is 9.55 Å². The fourth-order valence-corrected chi connectivity index (χ4v) is 4.31. The number of carbonyl (C=O) groups is 1. The van der Waals surface area contributed by atoms with Crippen LogP contribution in [-0.4, -0.2) is 44.5 Å². The number of unbranched alkanes of at least 4 members (excludes halogenated alkanes) is 11. The summed E-state index contributed by atoms with van der Waals surface area (Å²) in [4.78, 5) is 28.4. The highest BCUT2D eigenvalue weighted by Gasteiger charge is 2.34. The maximum Gasteiger partial charge on any atom is 0.351 e. The van der Waals surface area contributed by atoms with E-state index in [1.807, 2.05) is 0 Å². The Balaban J connectivity index is 1.51. The Morgan fingerprint density at radius 3 is 2.31 bits per heavy atom. The summed E-state index contributed by atoms with van der Waals surface area (Å²) in [5.74, 6) is 0.0569. The summed E-state index contributed by atoms with van der Waals surface area (Å²) < 4.78 is 6.74. The summed E-state index contributed by atoms with van der Waals surface area (Å²) in [6, 6.07) is 1.54. The van der Waals surface area contributed by atoms with Crippen molar-refractivity contribution in [2.75, 3.05) is 11.9 Å². The topological polar surface area (TPSA) is 114 Å². The SMILES string of the molecule is CCCCCCCC/C=C/CCCCCCCC(=O)Nc1ccn([C@H]2C[C@H](O)[C@@H](CO)O2)c(=O)n1. The lowest BCUT2D eigenvalue weighted by molar-refractivity contribution is -0.116. The fraction of sp³-hybridized carbons (Fsp3) is 0.741. The van der Waals surface area contributed by atoms with E-state index in [9.17, 15) is 19.8 Å². The Labute approximate surface area is 209 Å². The average molecular weight is 492 g/mol. The average Bonchev–Trinajstić information content (AvgIpc) is 3.21. The van der Waals surface area contributed by atoms with Crippen LogP contribution in [0, 0.1) is 0 Å². The highest BCUT2D eigenvalue weighted by Crippen LogP contribution is 2.27. The first-order valence-electron chi connectivity index (χ1n) is 13.5. The third kappa shape index (κ3) is 11.5. The van der Waals surface area contributed by atoms with E-state index in [-0.39, 0.29) is 24.8 Å². The second-order valence-electron chi connectivity index (χ2n) is 9.50. The monoisotopic (exact) mass is 491 g/mol. The fourth-order valence-electron chi connectivity index (χ4n) is 4.31. The molecule has 8 nitrogen and oxygen atoms in total. The molecule has 0 aliphatic carbocycles. The molecule has 2 rings (SSSR count). The van der Waals surface area contributed by atoms with Crippen LogP contribution in [0.1, 0.15) is 109 Å². The quantitative estimate of drug-likeness (QED) is 0.200. The summed E-state index contributed by atoms with van der Waals surface area (Å²) in [6.45, 7) is 1.93. The molecular weight excluding hydrogens is 446 g/mol. The molecule has 3 atom stereocenters. The zero-order chi connectivity index (χ0) is 25.3. The molecule has 1 aliphatic heterocycles. The van der Waals surface area contributed by atoms with E-state index in [2.05, 4.69) is 29.4 Å². The number of amides is 1. The first kappa shape index (κ1) is 29.2. The van der Waals surface area contributed by atoms with Crippen molar-refractivity contribution in [2.24, 2.45) is 0 Å². The summed E-state index contributed by atoms with van der Waals surface area (Å²) in [5, 5.41) is 21.7. The summed E-state index contributed by atoms with van der Waals surface area (Å²) in [5.41, 5.74) is -0.570. The van der Waals surface area contributed by atoms with Gasteiger partial charge in [-0.1, -0.05) is 70.4 Å². The standard InChI is InChI=1S/C27H45N3O5/c1-2-3-4-5-6-7-8-9-10-11-12-13-14-15-16-17-25(33)28-24-18-19-30(27(34)29-24)26-20-22(32)23(21-31)35-26/h9-10,18-19,22-23,26,31-32H,2-8,11-17,20-21H2,1H3,(H,28,29,33,34)/b10-9+/t22-,23+,26+/m0/s1. The van der Waals surface area contributed by atoms with Crippen molar-refractivity contribution >= 4 is 11.7 Å². The maximum absolute atomic E-state index is 12.3. The van der Waals surface area contributed by atoms with Crippen LogP contribution >= 0.6 is 0 Å². The van der Waals surface area contributed by atoms with E-state index < -0.39 is 24.1 Å². The molecule has 1 fully saturated rings. The molecular formula is C27H45N3O5. The van der Waals surface area contributed by atoms with Gasteiger partial charge >= 0.3 is 5.69 Å². The second kappa shape index (κ2) is 17.4. The number of hydrogen-bond acceptors (Lipinski definition) is 6. The first-order valence-corrected chi connectivity index (χ1v) is 13.5. The largest absolute Gasteiger partial charge is 0.394 e. The Bertz CT molecular complexity index is 810. The molecule has 1 saturated heterocycles. The number of nitrogens with zero attached hydrogens (tertiary/aromatic N) is 2. The van der Waals surface area contributed by atoms with E-state index in [1.165, 1.54) is 68.6 Å². The lowest BCUT2D eigenvalue weighted by Crippen LogP contribution is -2.28. The van der Waals surface area contributed by atoms with E-state index in [0.29, 0.717) is 6.42 Å². The second-order valence-corrected chi connectivity index (χ2v) is 9.50. The van der Waals surface area contributed by atoms with Crippen molar-refractivity contribution in [2.45, 2.75) is 122 Å². The minimum Gasteiger partial charge on any atom is -0.394 e. The third-order valence-electron chi connectivity index (χ3n) is 6.46. The number of allylic oxidation sites excluding steroid dienone is 2. The van der Waals surface area contributed by atoms with Gasteiger partial charge in [0, 0.05) is 19.0 Å². The van der Waals surface area contributed by atoms with Crippen LogP contribution in [0.4, 0.5) is 5.82 Å². The molecule has 1 amide bonds. The van der Waals surface area contributed by atoms with Gasteiger partial charge in [-0.2, -0.15) is 4.98 Å². The number of carbonyl (C=O) groups excluding carboxylic acids is 1. The molecule has 0 unspecified atom stereocenters. The van der Waals surface area contributed by atoms with Gasteiger partial charge in [0.05, 0.1) is 12.7 Å². The lowest BCUT2D eigenvalue weighted by atomic mass is 10.1. The Morgan fingerprint density at radius 2 is 1.71 bits per heavy atom. The van der Waals surface area contributed by atoms with Crippen LogP contribution in [0.5, 0.6) is 0 Å². The minimum absolute atomic E-state index is 0.153. The number of ether oxygens (including phenoxy) is 1. The van der Waals surface area contributed by atoms with Crippen LogP contribution < -0.4 is 11.0 Å². The van der Waals surface area contributed by atoms with Gasteiger partial charge in [0.1, 0.15) is 18.1 Å². The van der Waals surface area contributed by atoms with Crippen LogP contribution in [0.15, 0.2) is 29.2 Å². The predicted octanol–water partition coefficient (Wildman–Crippen LogP) is 4.86. The molecule has 2 heterocycles. The van der Waals surface area contributed by atoms with Gasteiger partial charge in [0.15, 0.2) is 0 Å². The van der Waals surface area contributed by atoms with Gasteiger partial charge in [0.25, 0.3) is 0 Å². The number of aliphatic hydroxyl groups excluding tert-OH is 2. The minimum atomic E-state index is -0.831. The van der Waals surface area contributed by atoms with Gasteiger partial charge in [-0.05, 0) is 38.2 Å². The molecule has 0 spiro atoms. The van der Waals surface area contributed by atoms with Crippen LogP contribution in [0.25, 0.3) is 0 Å². The lowest BCUT2D eigenvalue weighted by Gasteiger charge is -2.14. The van der Waals surface area contributed by atoms with Crippen molar-refractivity contribution < 1.29 is 19.7 Å². The molecule has 1 aromatic heterocycles. The highest BCUT2D eigenvalue weighted by atomic mass is 16.5. The van der Waals surface area contributed by atoms with Gasteiger partial charge in [-0.15, -0.1) is 0 Å². The smallest absolute Gasteiger partial charge is 0.351 e. The molecule has 198 valence electrons. The van der Waals surface area contributed by atoms with Gasteiger partial charge in [0.2, 0.25) is 5.91 Å². The summed E-state index contributed by atoms with van der Waals surface area (Å²) in [6.07, 6.45) is 20.2. The van der Waals surface area contributed by atoms with Crippen molar-refractivity contribution in [3.05, 3.63) is 34.9 Å². The molecule has 0 saturated carbocycles. The molecule has 8 heteroatoms. The summed E-state index contributed by atoms with van der Waals surface area (Å²) in [7, 11) is 0. The van der Waals surface area contributed by atoms with E-state index in [0.717, 1.165) is 25.7 Å². The zero-order valence-corrected chi connectivity index (χ0v) is 21.4. The van der Waals surface area contributed by atoms with Crippen LogP contribution in [0.3, 0.4) is 0 Å². The Hall–Kier alpha value is -2.03. The predicted molar refractivity (Wildman–Crippen MR) is 138 cm³/mol. The number of anilines is 1. The number of nitrogens with one attached hydrogen (secondary N) is 1. The number of aliphatic hydroxyl groups is 2. The van der Waals surface area contributed by atoms with Gasteiger partial charge < -0.3 is 20.3 Å². The Morgan fingerprint density at radius 1 is 1.09 bits per heavy atom. The van der Waals surface area contributed by atoms with Crippen molar-refractivity contribution in [1.29, 1.82) is 0 Å².